The van der Waals surface area contributed by atoms with E-state index in [2.05, 4.69) is 31.4 Å². The number of hydrogen-bond donors (Lipinski definition) is 2. The normalized spacial score (nSPS) is 15.3. The zero-order valence-corrected chi connectivity index (χ0v) is 11.0. The van der Waals surface area contributed by atoms with Crippen LogP contribution < -0.4 is 5.73 Å². The molecule has 0 saturated carbocycles. The van der Waals surface area contributed by atoms with Gasteiger partial charge in [-0.2, -0.15) is 0 Å². The van der Waals surface area contributed by atoms with Crippen LogP contribution in [-0.2, 0) is 6.42 Å². The second kappa shape index (κ2) is 7.05. The number of rotatable bonds is 7. The van der Waals surface area contributed by atoms with Crippen LogP contribution >= 0.6 is 11.3 Å². The third-order valence-electron chi connectivity index (χ3n) is 3.13. The van der Waals surface area contributed by atoms with Crippen molar-refractivity contribution in [3.05, 3.63) is 22.4 Å². The van der Waals surface area contributed by atoms with Crippen molar-refractivity contribution >= 4 is 11.3 Å². The molecule has 92 valence electrons. The van der Waals surface area contributed by atoms with E-state index in [0.717, 1.165) is 19.3 Å². The summed E-state index contributed by atoms with van der Waals surface area (Å²) >= 11 is 1.79. The van der Waals surface area contributed by atoms with Crippen LogP contribution in [0, 0.1) is 11.8 Å². The van der Waals surface area contributed by atoms with Crippen LogP contribution in [0.3, 0.4) is 0 Å². The van der Waals surface area contributed by atoms with Crippen LogP contribution in [0.25, 0.3) is 0 Å². The highest BCUT2D eigenvalue weighted by Gasteiger charge is 2.20. The fraction of sp³-hybridized carbons (Fsp3) is 0.692. The van der Waals surface area contributed by atoms with Gasteiger partial charge in [0.2, 0.25) is 0 Å². The number of nitrogens with two attached hydrogens (primary N) is 1. The zero-order valence-electron chi connectivity index (χ0n) is 10.2. The van der Waals surface area contributed by atoms with Crippen molar-refractivity contribution in [3.63, 3.8) is 0 Å². The molecule has 0 saturated heterocycles. The Morgan fingerprint density at radius 3 is 2.69 bits per heavy atom. The maximum Gasteiger partial charge on any atom is 0.0583 e. The van der Waals surface area contributed by atoms with Crippen LogP contribution in [-0.4, -0.2) is 17.8 Å². The topological polar surface area (TPSA) is 46.2 Å². The summed E-state index contributed by atoms with van der Waals surface area (Å²) in [7, 11) is 0. The molecular weight excluding hydrogens is 218 g/mol. The average Bonchev–Trinajstić information content (AvgIpc) is 2.71. The van der Waals surface area contributed by atoms with E-state index in [0.29, 0.717) is 12.5 Å². The summed E-state index contributed by atoms with van der Waals surface area (Å²) in [6.45, 7) is 4.83. The lowest BCUT2D eigenvalue weighted by Gasteiger charge is -2.24. The van der Waals surface area contributed by atoms with Gasteiger partial charge >= 0.3 is 0 Å². The van der Waals surface area contributed by atoms with Gasteiger partial charge in [0.15, 0.2) is 0 Å². The molecule has 2 atom stereocenters. The predicted molar refractivity (Wildman–Crippen MR) is 70.6 cm³/mol. The van der Waals surface area contributed by atoms with Gasteiger partial charge in [0.25, 0.3) is 0 Å². The van der Waals surface area contributed by atoms with Gasteiger partial charge in [0.1, 0.15) is 0 Å². The van der Waals surface area contributed by atoms with E-state index < -0.39 is 0 Å². The van der Waals surface area contributed by atoms with Crippen molar-refractivity contribution < 1.29 is 5.11 Å². The second-order valence-electron chi connectivity index (χ2n) is 4.68. The molecule has 0 aliphatic carbocycles. The molecule has 2 nitrogen and oxygen atoms in total. The Bertz CT molecular complexity index is 271. The molecule has 1 aromatic rings. The summed E-state index contributed by atoms with van der Waals surface area (Å²) in [6.07, 6.45) is 2.73. The molecule has 16 heavy (non-hydrogen) atoms. The van der Waals surface area contributed by atoms with Crippen molar-refractivity contribution in [2.24, 2.45) is 17.6 Å². The molecule has 2 unspecified atom stereocenters. The minimum absolute atomic E-state index is 0.239. The van der Waals surface area contributed by atoms with E-state index in [1.165, 1.54) is 4.88 Å². The molecule has 0 spiro atoms. The lowest BCUT2D eigenvalue weighted by atomic mass is 9.88. The SMILES string of the molecule is CC(C)C(CN)C(O)CCCc1cccs1. The Balaban J connectivity index is 2.26. The van der Waals surface area contributed by atoms with Gasteiger partial charge in [-0.3, -0.25) is 0 Å². The van der Waals surface area contributed by atoms with Gasteiger partial charge in [-0.1, -0.05) is 19.9 Å². The van der Waals surface area contributed by atoms with E-state index in [-0.39, 0.29) is 12.0 Å². The van der Waals surface area contributed by atoms with E-state index in [1.54, 1.807) is 11.3 Å². The molecule has 1 rings (SSSR count). The molecule has 3 N–H and O–H groups in total. The van der Waals surface area contributed by atoms with E-state index >= 15 is 0 Å². The molecule has 0 aliphatic rings. The van der Waals surface area contributed by atoms with Gasteiger partial charge < -0.3 is 10.8 Å². The monoisotopic (exact) mass is 241 g/mol. The Morgan fingerprint density at radius 1 is 1.44 bits per heavy atom. The molecule has 1 aromatic heterocycles. The molecule has 0 aromatic carbocycles. The highest BCUT2D eigenvalue weighted by atomic mass is 32.1. The predicted octanol–water partition coefficient (Wildman–Crippen LogP) is 2.66. The largest absolute Gasteiger partial charge is 0.393 e. The van der Waals surface area contributed by atoms with E-state index in [1.807, 2.05) is 0 Å². The first-order chi connectivity index (χ1) is 7.65. The molecular formula is C13H23NOS. The molecule has 3 heteroatoms. The highest BCUT2D eigenvalue weighted by Crippen LogP contribution is 2.19. The van der Waals surface area contributed by atoms with E-state index in [4.69, 9.17) is 5.73 Å². The number of thiophene rings is 1. The number of hydrogen-bond acceptors (Lipinski definition) is 3. The van der Waals surface area contributed by atoms with Crippen LogP contribution in [0.15, 0.2) is 17.5 Å². The summed E-state index contributed by atoms with van der Waals surface area (Å²) in [5.41, 5.74) is 5.68. The first-order valence-corrected chi connectivity index (χ1v) is 6.93. The van der Waals surface area contributed by atoms with Gasteiger partial charge in [-0.15, -0.1) is 11.3 Å². The van der Waals surface area contributed by atoms with Crippen molar-refractivity contribution in [2.75, 3.05) is 6.54 Å². The summed E-state index contributed by atoms with van der Waals surface area (Å²) in [5.74, 6) is 0.699. The van der Waals surface area contributed by atoms with Crippen molar-refractivity contribution in [2.45, 2.75) is 39.2 Å². The molecule has 0 aliphatic heterocycles. The maximum atomic E-state index is 10.0. The first-order valence-electron chi connectivity index (χ1n) is 6.05. The first kappa shape index (κ1) is 13.7. The van der Waals surface area contributed by atoms with Gasteiger partial charge in [-0.25, -0.2) is 0 Å². The third-order valence-corrected chi connectivity index (χ3v) is 4.06. The van der Waals surface area contributed by atoms with Gasteiger partial charge in [-0.05, 0) is 49.1 Å². The van der Waals surface area contributed by atoms with Crippen molar-refractivity contribution in [1.82, 2.24) is 0 Å². The summed E-state index contributed by atoms with van der Waals surface area (Å²) < 4.78 is 0. The van der Waals surface area contributed by atoms with Gasteiger partial charge in [0, 0.05) is 4.88 Å². The lowest BCUT2D eigenvalue weighted by Crippen LogP contribution is -2.32. The van der Waals surface area contributed by atoms with Crippen molar-refractivity contribution in [1.29, 1.82) is 0 Å². The number of aliphatic hydroxyl groups is 1. The smallest absolute Gasteiger partial charge is 0.0583 e. The van der Waals surface area contributed by atoms with E-state index in [9.17, 15) is 5.11 Å². The van der Waals surface area contributed by atoms with Crippen LogP contribution in [0.2, 0.25) is 0 Å². The zero-order chi connectivity index (χ0) is 12.0. The average molecular weight is 241 g/mol. The highest BCUT2D eigenvalue weighted by molar-refractivity contribution is 7.09. The fourth-order valence-corrected chi connectivity index (χ4v) is 2.78. The van der Waals surface area contributed by atoms with Crippen molar-refractivity contribution in [3.8, 4) is 0 Å². The minimum Gasteiger partial charge on any atom is -0.393 e. The summed E-state index contributed by atoms with van der Waals surface area (Å²) in [5, 5.41) is 12.1. The quantitative estimate of drug-likeness (QED) is 0.771. The Morgan fingerprint density at radius 2 is 2.19 bits per heavy atom. The lowest BCUT2D eigenvalue weighted by molar-refractivity contribution is 0.0766. The molecule has 1 heterocycles. The minimum atomic E-state index is -0.245. The van der Waals surface area contributed by atoms with Crippen LogP contribution in [0.1, 0.15) is 31.6 Å². The van der Waals surface area contributed by atoms with Crippen LogP contribution in [0.5, 0.6) is 0 Å². The van der Waals surface area contributed by atoms with Crippen LogP contribution in [0.4, 0.5) is 0 Å². The second-order valence-corrected chi connectivity index (χ2v) is 5.71. The Kier molecular flexibility index (Phi) is 6.03. The maximum absolute atomic E-state index is 10.0. The Hall–Kier alpha value is -0.380. The standard InChI is InChI=1S/C13H23NOS/c1-10(2)12(9-14)13(15)7-3-5-11-6-4-8-16-11/h4,6,8,10,12-13,15H,3,5,7,9,14H2,1-2H3. The molecule has 0 fully saturated rings. The fourth-order valence-electron chi connectivity index (χ4n) is 2.03. The van der Waals surface area contributed by atoms with Gasteiger partial charge in [0.05, 0.1) is 6.10 Å². The Labute approximate surface area is 102 Å². The molecule has 0 radical (unpaired) electrons. The number of aliphatic hydroxyl groups excluding tert-OH is 1. The number of aryl methyl sites for hydroxylation is 1. The molecule has 0 amide bonds. The summed E-state index contributed by atoms with van der Waals surface area (Å²) in [4.78, 5) is 1.40. The summed E-state index contributed by atoms with van der Waals surface area (Å²) in [6, 6.07) is 4.23. The molecule has 0 bridgehead atoms. The third kappa shape index (κ3) is 4.24.